The summed E-state index contributed by atoms with van der Waals surface area (Å²) in [6.45, 7) is 9.05. The third-order valence-corrected chi connectivity index (χ3v) is 6.56. The number of fused-ring (bicyclic) bond motifs is 2. The minimum Gasteiger partial charge on any atom is -0.469 e. The fourth-order valence-electron chi connectivity index (χ4n) is 5.26. The quantitative estimate of drug-likeness (QED) is 0.562. The minimum atomic E-state index is -0.325. The average molecular weight is 299 g/mol. The first-order valence-corrected chi connectivity index (χ1v) is 8.71. The Balaban J connectivity index is 1.97. The Morgan fingerprint density at radius 1 is 1.36 bits per heavy atom. The number of carbonyl (C=O) groups excluding carboxylic acids is 1. The van der Waals surface area contributed by atoms with Crippen molar-refractivity contribution in [2.45, 2.75) is 59.8 Å². The fraction of sp³-hybridized carbons (Fsp3) is 0.737. The van der Waals surface area contributed by atoms with E-state index in [9.17, 15) is 4.79 Å². The van der Waals surface area contributed by atoms with Crippen LogP contribution in [0.2, 0.25) is 0 Å². The largest absolute Gasteiger partial charge is 0.469 e. The molecule has 1 radical (unpaired) electrons. The van der Waals surface area contributed by atoms with Crippen LogP contribution >= 0.6 is 0 Å². The lowest BCUT2D eigenvalue weighted by Gasteiger charge is -2.54. The van der Waals surface area contributed by atoms with Gasteiger partial charge in [-0.2, -0.15) is 0 Å². The highest BCUT2D eigenvalue weighted by Gasteiger charge is 2.56. The molecule has 1 heterocycles. The van der Waals surface area contributed by atoms with Crippen molar-refractivity contribution in [2.24, 2.45) is 22.7 Å². The van der Waals surface area contributed by atoms with Crippen LogP contribution in [0.15, 0.2) is 22.6 Å². The molecule has 3 unspecified atom stereocenters. The zero-order valence-electron chi connectivity index (χ0n) is 14.7. The highest BCUT2D eigenvalue weighted by Crippen LogP contribution is 2.61. The molecule has 0 aromatic rings. The first-order chi connectivity index (χ1) is 10.3. The highest BCUT2D eigenvalue weighted by atomic mass is 16.5. The van der Waals surface area contributed by atoms with E-state index < -0.39 is 0 Å². The predicted molar refractivity (Wildman–Crippen MR) is 90.5 cm³/mol. The Bertz CT molecular complexity index is 560. The number of hydrogen-bond acceptors (Lipinski definition) is 2. The second kappa shape index (κ2) is 5.28. The van der Waals surface area contributed by atoms with Crippen LogP contribution in [0, 0.1) is 22.7 Å². The van der Waals surface area contributed by atoms with Crippen LogP contribution in [0.4, 0.5) is 0 Å². The van der Waals surface area contributed by atoms with Gasteiger partial charge in [-0.05, 0) is 49.9 Å². The molecule has 3 heteroatoms. The lowest BCUT2D eigenvalue weighted by molar-refractivity contribution is -0.162. The first-order valence-electron chi connectivity index (χ1n) is 8.71. The van der Waals surface area contributed by atoms with Crippen molar-refractivity contribution in [3.8, 4) is 0 Å². The number of allylic oxidation sites excluding steroid dienone is 4. The van der Waals surface area contributed by atoms with Crippen molar-refractivity contribution >= 4 is 13.2 Å². The van der Waals surface area contributed by atoms with Gasteiger partial charge in [-0.3, -0.25) is 4.79 Å². The van der Waals surface area contributed by atoms with E-state index in [1.165, 1.54) is 30.0 Å². The van der Waals surface area contributed by atoms with Gasteiger partial charge in [-0.15, -0.1) is 5.47 Å². The molecule has 0 spiro atoms. The third-order valence-electron chi connectivity index (χ3n) is 6.56. The molecule has 22 heavy (non-hydrogen) atoms. The molecular weight excluding hydrogens is 271 g/mol. The Labute approximate surface area is 135 Å². The maximum absolute atomic E-state index is 12.5. The summed E-state index contributed by atoms with van der Waals surface area (Å²) in [5, 5.41) is 0. The molecule has 0 amide bonds. The minimum absolute atomic E-state index is 0.0116. The van der Waals surface area contributed by atoms with E-state index in [0.717, 1.165) is 25.7 Å². The normalized spacial score (nSPS) is 37.4. The summed E-state index contributed by atoms with van der Waals surface area (Å²) < 4.78 is 5.18. The zero-order chi connectivity index (χ0) is 16.1. The zero-order valence-corrected chi connectivity index (χ0v) is 14.7. The number of carbonyl (C=O) groups is 1. The Hall–Kier alpha value is -0.985. The van der Waals surface area contributed by atoms with Crippen LogP contribution in [0.1, 0.15) is 59.8 Å². The van der Waals surface area contributed by atoms with E-state index in [2.05, 4.69) is 41.1 Å². The molecule has 0 bridgehead atoms. The standard InChI is InChI=1S/C19H28BO2/c1-12(2)14-11-13-7-8-15-18(3,16(13)20-14)9-6-10-19(15,4)17(21)22-5/h11-12,15H,6-10H2,1-5H3. The smallest absolute Gasteiger partial charge is 0.311 e. The first kappa shape index (κ1) is 15.9. The van der Waals surface area contributed by atoms with Gasteiger partial charge in [0.2, 0.25) is 0 Å². The van der Waals surface area contributed by atoms with E-state index in [0.29, 0.717) is 11.8 Å². The molecule has 2 aliphatic carbocycles. The van der Waals surface area contributed by atoms with Gasteiger partial charge in [0.1, 0.15) is 0 Å². The monoisotopic (exact) mass is 299 g/mol. The van der Waals surface area contributed by atoms with E-state index in [4.69, 9.17) is 4.74 Å². The number of esters is 1. The summed E-state index contributed by atoms with van der Waals surface area (Å²) in [4.78, 5) is 12.5. The van der Waals surface area contributed by atoms with Crippen LogP contribution in [-0.4, -0.2) is 20.4 Å². The van der Waals surface area contributed by atoms with Crippen molar-refractivity contribution < 1.29 is 9.53 Å². The van der Waals surface area contributed by atoms with Crippen LogP contribution in [0.25, 0.3) is 0 Å². The van der Waals surface area contributed by atoms with Crippen molar-refractivity contribution in [3.63, 3.8) is 0 Å². The van der Waals surface area contributed by atoms with Crippen LogP contribution < -0.4 is 0 Å². The summed E-state index contributed by atoms with van der Waals surface area (Å²) in [6, 6.07) is 0. The third kappa shape index (κ3) is 2.12. The summed E-state index contributed by atoms with van der Waals surface area (Å²) >= 11 is 0. The second-order valence-electron chi connectivity index (χ2n) is 8.15. The van der Waals surface area contributed by atoms with Crippen molar-refractivity contribution in [2.75, 3.05) is 7.11 Å². The summed E-state index contributed by atoms with van der Waals surface area (Å²) in [6.07, 6.45) is 7.89. The van der Waals surface area contributed by atoms with E-state index in [1.54, 1.807) is 0 Å². The summed E-state index contributed by atoms with van der Waals surface area (Å²) in [5.41, 5.74) is 4.30. The van der Waals surface area contributed by atoms with Gasteiger partial charge in [0.25, 0.3) is 0 Å². The molecule has 0 saturated heterocycles. The number of hydrogen-bond donors (Lipinski definition) is 0. The lowest BCUT2D eigenvalue weighted by Crippen LogP contribution is -2.51. The summed E-state index contributed by atoms with van der Waals surface area (Å²) in [7, 11) is 3.96. The Morgan fingerprint density at radius 3 is 2.73 bits per heavy atom. The molecule has 3 atom stereocenters. The summed E-state index contributed by atoms with van der Waals surface area (Å²) in [5.74, 6) is 0.960. The fourth-order valence-corrected chi connectivity index (χ4v) is 5.26. The maximum Gasteiger partial charge on any atom is 0.311 e. The molecule has 0 aromatic heterocycles. The highest BCUT2D eigenvalue weighted by molar-refractivity contribution is 6.56. The average Bonchev–Trinajstić information content (AvgIpc) is 2.92. The number of ether oxygens (including phenoxy) is 1. The van der Waals surface area contributed by atoms with E-state index in [1.807, 2.05) is 0 Å². The van der Waals surface area contributed by atoms with E-state index in [-0.39, 0.29) is 16.8 Å². The van der Waals surface area contributed by atoms with Crippen molar-refractivity contribution in [1.82, 2.24) is 0 Å². The predicted octanol–water partition coefficient (Wildman–Crippen LogP) is 4.28. The number of methoxy groups -OCH3 is 1. The van der Waals surface area contributed by atoms with Gasteiger partial charge in [-0.25, -0.2) is 0 Å². The molecule has 119 valence electrons. The van der Waals surface area contributed by atoms with Gasteiger partial charge < -0.3 is 4.74 Å². The van der Waals surface area contributed by atoms with Crippen LogP contribution in [0.3, 0.4) is 0 Å². The second-order valence-corrected chi connectivity index (χ2v) is 8.15. The van der Waals surface area contributed by atoms with Gasteiger partial charge in [0.15, 0.2) is 7.28 Å². The van der Waals surface area contributed by atoms with Crippen molar-refractivity contribution in [1.29, 1.82) is 0 Å². The van der Waals surface area contributed by atoms with Crippen LogP contribution in [0.5, 0.6) is 0 Å². The molecule has 3 rings (SSSR count). The van der Waals surface area contributed by atoms with Gasteiger partial charge >= 0.3 is 5.97 Å². The van der Waals surface area contributed by atoms with E-state index >= 15 is 0 Å². The topological polar surface area (TPSA) is 26.3 Å². The molecule has 1 saturated carbocycles. The SMILES string of the molecule is COC(=O)C1(C)CCCC2(C)C3=C(C=C(C(C)C)[B]3)CCC12. The van der Waals surface area contributed by atoms with Crippen molar-refractivity contribution in [3.05, 3.63) is 22.6 Å². The molecule has 0 N–H and O–H groups in total. The Morgan fingerprint density at radius 2 is 2.09 bits per heavy atom. The van der Waals surface area contributed by atoms with Crippen LogP contribution in [-0.2, 0) is 9.53 Å². The molecular formula is C19H28BO2. The van der Waals surface area contributed by atoms with Gasteiger partial charge in [-0.1, -0.05) is 44.3 Å². The maximum atomic E-state index is 12.5. The number of rotatable bonds is 2. The molecule has 2 nitrogen and oxygen atoms in total. The molecule has 1 fully saturated rings. The van der Waals surface area contributed by atoms with Gasteiger partial charge in [0.05, 0.1) is 12.5 Å². The molecule has 1 aliphatic heterocycles. The van der Waals surface area contributed by atoms with Gasteiger partial charge in [0, 0.05) is 0 Å². The molecule has 3 aliphatic rings. The molecule has 0 aromatic carbocycles. The Kier molecular flexibility index (Phi) is 3.82. The lowest BCUT2D eigenvalue weighted by atomic mass is 9.43.